The lowest BCUT2D eigenvalue weighted by atomic mass is 10.2. The first-order valence-electron chi connectivity index (χ1n) is 2.87. The second-order valence-electron chi connectivity index (χ2n) is 2.39. The van der Waals surface area contributed by atoms with Crippen molar-refractivity contribution in [3.05, 3.63) is 0 Å². The highest BCUT2D eigenvalue weighted by molar-refractivity contribution is 6.23. The number of rotatable bonds is 2. The summed E-state index contributed by atoms with van der Waals surface area (Å²) in [7, 11) is 3.97. The average Bonchev–Trinajstić information content (AvgIpc) is 1.67. The second-order valence-corrected chi connectivity index (χ2v) is 3.20. The van der Waals surface area contributed by atoms with Crippen LogP contribution in [0.25, 0.3) is 0 Å². The molecule has 0 N–H and O–H groups in total. The highest BCUT2D eigenvalue weighted by Gasteiger charge is 2.19. The van der Waals surface area contributed by atoms with Crippen LogP contribution in [0.4, 0.5) is 0 Å². The van der Waals surface area contributed by atoms with Crippen LogP contribution in [-0.2, 0) is 0 Å². The molecule has 8 heavy (non-hydrogen) atoms. The van der Waals surface area contributed by atoms with Crippen molar-refractivity contribution in [1.82, 2.24) is 4.90 Å². The van der Waals surface area contributed by atoms with Crippen LogP contribution < -0.4 is 0 Å². The van der Waals surface area contributed by atoms with Crippen molar-refractivity contribution in [3.63, 3.8) is 0 Å². The molecule has 0 saturated heterocycles. The monoisotopic (exact) mass is 135 g/mol. The van der Waals surface area contributed by atoms with Crippen LogP contribution >= 0.6 is 11.6 Å². The summed E-state index contributed by atoms with van der Waals surface area (Å²) in [6.07, 6.45) is 0.974. The van der Waals surface area contributed by atoms with Crippen molar-refractivity contribution in [3.8, 4) is 0 Å². The first-order valence-corrected chi connectivity index (χ1v) is 3.25. The van der Waals surface area contributed by atoms with Gasteiger partial charge in [-0.1, -0.05) is 6.92 Å². The van der Waals surface area contributed by atoms with E-state index >= 15 is 0 Å². The Morgan fingerprint density at radius 3 is 1.88 bits per heavy atom. The van der Waals surface area contributed by atoms with Gasteiger partial charge in [0.2, 0.25) is 0 Å². The highest BCUT2D eigenvalue weighted by Crippen LogP contribution is 2.19. The molecular formula is C6H14ClN. The van der Waals surface area contributed by atoms with Crippen molar-refractivity contribution in [1.29, 1.82) is 0 Å². The van der Waals surface area contributed by atoms with Crippen molar-refractivity contribution in [2.45, 2.75) is 25.3 Å². The molecule has 0 saturated carbocycles. The summed E-state index contributed by atoms with van der Waals surface area (Å²) in [5.74, 6) is 0. The van der Waals surface area contributed by atoms with Crippen LogP contribution in [0.15, 0.2) is 0 Å². The van der Waals surface area contributed by atoms with E-state index in [4.69, 9.17) is 11.6 Å². The van der Waals surface area contributed by atoms with Gasteiger partial charge in [0.1, 0.15) is 0 Å². The normalized spacial score (nSPS) is 18.8. The first kappa shape index (κ1) is 8.25. The molecule has 0 heterocycles. The summed E-state index contributed by atoms with van der Waals surface area (Å²) in [6.45, 7) is 4.08. The van der Waals surface area contributed by atoms with Gasteiger partial charge < -0.3 is 0 Å². The summed E-state index contributed by atoms with van der Waals surface area (Å²) in [6, 6.07) is 0. The maximum atomic E-state index is 5.98. The lowest BCUT2D eigenvalue weighted by Crippen LogP contribution is -2.34. The Kier molecular flexibility index (Phi) is 2.78. The predicted octanol–water partition coefficient (Wildman–Crippen LogP) is 1.91. The first-order chi connectivity index (χ1) is 3.50. The Balaban J connectivity index is 3.71. The molecule has 0 rings (SSSR count). The molecule has 2 heteroatoms. The van der Waals surface area contributed by atoms with Crippen LogP contribution in [0.1, 0.15) is 20.3 Å². The Morgan fingerprint density at radius 1 is 1.50 bits per heavy atom. The number of nitrogens with zero attached hydrogens (tertiary/aromatic N) is 1. The highest BCUT2D eigenvalue weighted by atomic mass is 35.5. The fourth-order valence-corrected chi connectivity index (χ4v) is 0.316. The maximum absolute atomic E-state index is 5.98. The third kappa shape index (κ3) is 2.01. The van der Waals surface area contributed by atoms with Crippen LogP contribution in [-0.4, -0.2) is 24.0 Å². The number of hydrogen-bond acceptors (Lipinski definition) is 1. The van der Waals surface area contributed by atoms with Gasteiger partial charge in [-0.25, -0.2) is 0 Å². The van der Waals surface area contributed by atoms with Gasteiger partial charge in [0.25, 0.3) is 0 Å². The van der Waals surface area contributed by atoms with E-state index in [1.165, 1.54) is 0 Å². The topological polar surface area (TPSA) is 3.24 Å². The molecule has 0 aromatic heterocycles. The largest absolute Gasteiger partial charge is 0.291 e. The lowest BCUT2D eigenvalue weighted by Gasteiger charge is -2.28. The molecule has 1 unspecified atom stereocenters. The smallest absolute Gasteiger partial charge is 0.0924 e. The quantitative estimate of drug-likeness (QED) is 0.413. The van der Waals surface area contributed by atoms with E-state index in [-0.39, 0.29) is 5.00 Å². The molecule has 0 spiro atoms. The minimum atomic E-state index is -0.153. The molecular weight excluding hydrogens is 122 g/mol. The Labute approximate surface area is 56.6 Å². The number of hydrogen-bond donors (Lipinski definition) is 0. The van der Waals surface area contributed by atoms with Gasteiger partial charge in [0.15, 0.2) is 0 Å². The van der Waals surface area contributed by atoms with Crippen LogP contribution in [0.5, 0.6) is 0 Å². The molecule has 0 fully saturated rings. The third-order valence-corrected chi connectivity index (χ3v) is 2.18. The van der Waals surface area contributed by atoms with E-state index in [1.807, 2.05) is 25.9 Å². The van der Waals surface area contributed by atoms with Gasteiger partial charge in [0, 0.05) is 0 Å². The second kappa shape index (κ2) is 2.70. The van der Waals surface area contributed by atoms with Crippen molar-refractivity contribution in [2.24, 2.45) is 0 Å². The van der Waals surface area contributed by atoms with Gasteiger partial charge in [-0.2, -0.15) is 0 Å². The van der Waals surface area contributed by atoms with Crippen molar-refractivity contribution in [2.75, 3.05) is 14.1 Å². The minimum Gasteiger partial charge on any atom is -0.291 e. The van der Waals surface area contributed by atoms with Gasteiger partial charge in [-0.3, -0.25) is 4.90 Å². The molecule has 0 aliphatic rings. The lowest BCUT2D eigenvalue weighted by molar-refractivity contribution is 0.262. The Bertz CT molecular complexity index is 68.9. The van der Waals surface area contributed by atoms with E-state index < -0.39 is 0 Å². The van der Waals surface area contributed by atoms with Crippen molar-refractivity contribution >= 4 is 11.6 Å². The third-order valence-electron chi connectivity index (χ3n) is 1.58. The molecule has 0 aromatic rings. The molecule has 0 aromatic carbocycles. The molecule has 50 valence electrons. The van der Waals surface area contributed by atoms with E-state index in [1.54, 1.807) is 0 Å². The van der Waals surface area contributed by atoms with Gasteiger partial charge >= 0.3 is 0 Å². The van der Waals surface area contributed by atoms with E-state index in [0.717, 1.165) is 6.42 Å². The fraction of sp³-hybridized carbons (Fsp3) is 1.00. The van der Waals surface area contributed by atoms with E-state index in [9.17, 15) is 0 Å². The number of halogens is 1. The van der Waals surface area contributed by atoms with E-state index in [0.29, 0.717) is 0 Å². The van der Waals surface area contributed by atoms with E-state index in [2.05, 4.69) is 6.92 Å². The molecule has 0 aliphatic heterocycles. The van der Waals surface area contributed by atoms with Crippen LogP contribution in [0.3, 0.4) is 0 Å². The number of alkyl halides is 1. The predicted molar refractivity (Wildman–Crippen MR) is 38.2 cm³/mol. The van der Waals surface area contributed by atoms with Crippen LogP contribution in [0.2, 0.25) is 0 Å². The molecule has 1 atom stereocenters. The molecule has 0 bridgehead atoms. The minimum absolute atomic E-state index is 0.153. The zero-order chi connectivity index (χ0) is 6.78. The summed E-state index contributed by atoms with van der Waals surface area (Å²) in [5, 5.41) is 0. The zero-order valence-electron chi connectivity index (χ0n) is 6.03. The molecule has 0 radical (unpaired) electrons. The van der Waals surface area contributed by atoms with Crippen molar-refractivity contribution < 1.29 is 0 Å². The molecule has 1 nitrogen and oxygen atoms in total. The maximum Gasteiger partial charge on any atom is 0.0924 e. The fourth-order valence-electron chi connectivity index (χ4n) is 0.316. The molecule has 0 amide bonds. The summed E-state index contributed by atoms with van der Waals surface area (Å²) >= 11 is 5.98. The van der Waals surface area contributed by atoms with Gasteiger partial charge in [-0.05, 0) is 27.4 Å². The van der Waals surface area contributed by atoms with Gasteiger partial charge in [-0.15, -0.1) is 11.6 Å². The van der Waals surface area contributed by atoms with Crippen LogP contribution in [0, 0.1) is 0 Å². The van der Waals surface area contributed by atoms with Gasteiger partial charge in [0.05, 0.1) is 5.00 Å². The Morgan fingerprint density at radius 2 is 1.88 bits per heavy atom. The average molecular weight is 136 g/mol. The summed E-state index contributed by atoms with van der Waals surface area (Å²) < 4.78 is 0. The summed E-state index contributed by atoms with van der Waals surface area (Å²) in [4.78, 5) is 1.86. The Hall–Kier alpha value is 0.250. The standard InChI is InChI=1S/C6H14ClN/c1-5-6(2,7)8(3)4/h5H2,1-4H3. The SMILES string of the molecule is CCC(C)(Cl)N(C)C. The summed E-state index contributed by atoms with van der Waals surface area (Å²) in [5.41, 5.74) is 0. The molecule has 0 aliphatic carbocycles. The zero-order valence-corrected chi connectivity index (χ0v) is 6.79.